The number of aryl methyl sites for hydroxylation is 1. The van der Waals surface area contributed by atoms with Crippen LogP contribution in [0.15, 0.2) is 18.2 Å². The van der Waals surface area contributed by atoms with Gasteiger partial charge >= 0.3 is 11.9 Å². The van der Waals surface area contributed by atoms with Crippen LogP contribution in [-0.2, 0) is 19.1 Å². The number of ether oxygens (including phenoxy) is 2. The van der Waals surface area contributed by atoms with Crippen LogP contribution in [0.25, 0.3) is 0 Å². The Labute approximate surface area is 115 Å². The van der Waals surface area contributed by atoms with Gasteiger partial charge in [0.2, 0.25) is 5.91 Å². The van der Waals surface area contributed by atoms with Crippen molar-refractivity contribution in [3.8, 4) is 0 Å². The molecule has 1 aromatic rings. The van der Waals surface area contributed by atoms with Crippen LogP contribution in [-0.4, -0.2) is 43.3 Å². The highest BCUT2D eigenvalue weighted by Gasteiger charge is 2.14. The highest BCUT2D eigenvalue weighted by molar-refractivity contribution is 6.01. The monoisotopic (exact) mass is 281 g/mol. The topological polar surface area (TPSA) is 102 Å². The van der Waals surface area contributed by atoms with E-state index in [2.05, 4.69) is 14.8 Å². The molecule has 0 radical (unpaired) electrons. The molecule has 0 aromatic heterocycles. The largest absolute Gasteiger partial charge is 0.480 e. The predicted octanol–water partition coefficient (Wildman–Crippen LogP) is 0.821. The molecule has 0 atom stereocenters. The molecule has 7 nitrogen and oxygen atoms in total. The van der Waals surface area contributed by atoms with Crippen molar-refractivity contribution >= 4 is 23.5 Å². The Kier molecular flexibility index (Phi) is 5.67. The minimum absolute atomic E-state index is 0.221. The first-order valence-corrected chi connectivity index (χ1v) is 5.72. The van der Waals surface area contributed by atoms with Gasteiger partial charge < -0.3 is 19.9 Å². The van der Waals surface area contributed by atoms with Gasteiger partial charge in [0.05, 0.1) is 18.4 Å². The van der Waals surface area contributed by atoms with Crippen molar-refractivity contribution in [2.75, 3.05) is 25.6 Å². The summed E-state index contributed by atoms with van der Waals surface area (Å²) >= 11 is 0. The Bertz CT molecular complexity index is 526. The van der Waals surface area contributed by atoms with Crippen LogP contribution in [0.1, 0.15) is 15.9 Å². The molecule has 0 aliphatic heterocycles. The number of anilines is 1. The number of carbonyl (C=O) groups excluding carboxylic acids is 2. The quantitative estimate of drug-likeness (QED) is 0.748. The van der Waals surface area contributed by atoms with E-state index < -0.39 is 31.1 Å². The van der Waals surface area contributed by atoms with Crippen molar-refractivity contribution in [3.05, 3.63) is 29.3 Å². The summed E-state index contributed by atoms with van der Waals surface area (Å²) in [5, 5.41) is 10.8. The molecule has 20 heavy (non-hydrogen) atoms. The molecule has 0 fully saturated rings. The fourth-order valence-electron chi connectivity index (χ4n) is 1.46. The Hall–Kier alpha value is -2.41. The van der Waals surface area contributed by atoms with Gasteiger partial charge in [0.1, 0.15) is 13.2 Å². The zero-order valence-corrected chi connectivity index (χ0v) is 11.1. The summed E-state index contributed by atoms with van der Waals surface area (Å²) in [6, 6.07) is 4.87. The number of benzene rings is 1. The van der Waals surface area contributed by atoms with E-state index in [-0.39, 0.29) is 11.3 Å². The normalized spacial score (nSPS) is 9.90. The molecule has 7 heteroatoms. The van der Waals surface area contributed by atoms with Crippen molar-refractivity contribution in [2.24, 2.45) is 0 Å². The van der Waals surface area contributed by atoms with Gasteiger partial charge in [-0.2, -0.15) is 0 Å². The summed E-state index contributed by atoms with van der Waals surface area (Å²) < 4.78 is 9.28. The van der Waals surface area contributed by atoms with Crippen LogP contribution in [0.3, 0.4) is 0 Å². The zero-order chi connectivity index (χ0) is 15.1. The van der Waals surface area contributed by atoms with Crippen molar-refractivity contribution < 1.29 is 29.0 Å². The molecule has 0 unspecified atom stereocenters. The molecule has 0 saturated carbocycles. The minimum Gasteiger partial charge on any atom is -0.480 e. The number of carboxylic acid groups (broad SMARTS) is 1. The Morgan fingerprint density at radius 1 is 1.25 bits per heavy atom. The number of nitrogens with one attached hydrogen (secondary N) is 1. The summed E-state index contributed by atoms with van der Waals surface area (Å²) in [5.74, 6) is -2.29. The van der Waals surface area contributed by atoms with Gasteiger partial charge in [-0.3, -0.25) is 4.79 Å². The lowest BCUT2D eigenvalue weighted by atomic mass is 10.1. The summed E-state index contributed by atoms with van der Waals surface area (Å²) in [5.41, 5.74) is 1.34. The molecular formula is C13H15NO6. The van der Waals surface area contributed by atoms with E-state index in [4.69, 9.17) is 5.11 Å². The molecule has 108 valence electrons. The first-order chi connectivity index (χ1) is 9.43. The van der Waals surface area contributed by atoms with E-state index in [1.54, 1.807) is 25.1 Å². The minimum atomic E-state index is -1.16. The average molecular weight is 281 g/mol. The third kappa shape index (κ3) is 4.69. The molecule has 0 aliphatic rings. The number of aliphatic carboxylic acids is 1. The molecule has 1 amide bonds. The van der Waals surface area contributed by atoms with E-state index >= 15 is 0 Å². The van der Waals surface area contributed by atoms with Gasteiger partial charge in [0.25, 0.3) is 0 Å². The van der Waals surface area contributed by atoms with Gasteiger partial charge in [-0.05, 0) is 19.1 Å². The Morgan fingerprint density at radius 2 is 1.95 bits per heavy atom. The third-order valence-corrected chi connectivity index (χ3v) is 2.31. The highest BCUT2D eigenvalue weighted by Crippen LogP contribution is 2.18. The number of rotatable bonds is 6. The molecule has 1 aromatic carbocycles. The van der Waals surface area contributed by atoms with Crippen LogP contribution in [0, 0.1) is 6.92 Å². The first-order valence-electron chi connectivity index (χ1n) is 5.72. The zero-order valence-electron chi connectivity index (χ0n) is 11.1. The van der Waals surface area contributed by atoms with E-state index in [1.165, 1.54) is 7.11 Å². The molecular weight excluding hydrogens is 266 g/mol. The number of carboxylic acids is 1. The predicted molar refractivity (Wildman–Crippen MR) is 69.6 cm³/mol. The van der Waals surface area contributed by atoms with E-state index in [0.717, 1.165) is 5.56 Å². The first kappa shape index (κ1) is 15.6. The highest BCUT2D eigenvalue weighted by atomic mass is 16.5. The van der Waals surface area contributed by atoms with Gasteiger partial charge in [-0.1, -0.05) is 11.6 Å². The van der Waals surface area contributed by atoms with Crippen molar-refractivity contribution in [1.29, 1.82) is 0 Å². The second kappa shape index (κ2) is 7.25. The lowest BCUT2D eigenvalue weighted by Crippen LogP contribution is -2.22. The number of amides is 1. The van der Waals surface area contributed by atoms with Gasteiger partial charge in [-0.25, -0.2) is 9.59 Å². The van der Waals surface area contributed by atoms with E-state index in [1.807, 2.05) is 0 Å². The van der Waals surface area contributed by atoms with Crippen LogP contribution in [0.4, 0.5) is 5.69 Å². The van der Waals surface area contributed by atoms with E-state index in [9.17, 15) is 14.4 Å². The lowest BCUT2D eigenvalue weighted by molar-refractivity contribution is -0.143. The summed E-state index contributed by atoms with van der Waals surface area (Å²) in [6.45, 7) is 0.819. The second-order valence-corrected chi connectivity index (χ2v) is 3.98. The molecule has 1 rings (SSSR count). The maximum absolute atomic E-state index is 11.6. The third-order valence-electron chi connectivity index (χ3n) is 2.31. The van der Waals surface area contributed by atoms with Crippen LogP contribution in [0.5, 0.6) is 0 Å². The van der Waals surface area contributed by atoms with Crippen molar-refractivity contribution in [1.82, 2.24) is 0 Å². The molecule has 0 bridgehead atoms. The van der Waals surface area contributed by atoms with Gasteiger partial charge in [0, 0.05) is 0 Å². The van der Waals surface area contributed by atoms with Crippen molar-refractivity contribution in [2.45, 2.75) is 6.92 Å². The molecule has 2 N–H and O–H groups in total. The number of methoxy groups -OCH3 is 1. The Balaban J connectivity index is 2.74. The SMILES string of the molecule is COC(=O)c1cc(C)ccc1NC(=O)COCC(=O)O. The summed E-state index contributed by atoms with van der Waals surface area (Å²) in [4.78, 5) is 33.4. The number of esters is 1. The van der Waals surface area contributed by atoms with E-state index in [0.29, 0.717) is 0 Å². The number of hydrogen-bond acceptors (Lipinski definition) is 5. The Morgan fingerprint density at radius 3 is 2.55 bits per heavy atom. The van der Waals surface area contributed by atoms with Crippen molar-refractivity contribution in [3.63, 3.8) is 0 Å². The number of carbonyl (C=O) groups is 3. The smallest absolute Gasteiger partial charge is 0.339 e. The van der Waals surface area contributed by atoms with Crippen LogP contribution in [0.2, 0.25) is 0 Å². The maximum atomic E-state index is 11.6. The second-order valence-electron chi connectivity index (χ2n) is 3.98. The van der Waals surface area contributed by atoms with Crippen LogP contribution >= 0.6 is 0 Å². The average Bonchev–Trinajstić information content (AvgIpc) is 2.39. The lowest BCUT2D eigenvalue weighted by Gasteiger charge is -2.10. The molecule has 0 spiro atoms. The maximum Gasteiger partial charge on any atom is 0.339 e. The fraction of sp³-hybridized carbons (Fsp3) is 0.308. The van der Waals surface area contributed by atoms with Gasteiger partial charge in [0.15, 0.2) is 0 Å². The number of hydrogen-bond donors (Lipinski definition) is 2. The molecule has 0 saturated heterocycles. The summed E-state index contributed by atoms with van der Waals surface area (Å²) in [7, 11) is 1.24. The standard InChI is InChI=1S/C13H15NO6/c1-8-3-4-10(9(5-8)13(18)19-2)14-11(15)6-20-7-12(16)17/h3-5H,6-7H2,1-2H3,(H,14,15)(H,16,17). The fourth-order valence-corrected chi connectivity index (χ4v) is 1.46. The van der Waals surface area contributed by atoms with Gasteiger partial charge in [-0.15, -0.1) is 0 Å². The van der Waals surface area contributed by atoms with Crippen LogP contribution < -0.4 is 5.32 Å². The molecule has 0 heterocycles. The molecule has 0 aliphatic carbocycles. The summed E-state index contributed by atoms with van der Waals surface area (Å²) in [6.07, 6.45) is 0.